The van der Waals surface area contributed by atoms with Gasteiger partial charge >= 0.3 is 0 Å². The lowest BCUT2D eigenvalue weighted by atomic mass is 10.1. The van der Waals surface area contributed by atoms with E-state index in [9.17, 15) is 4.79 Å². The average molecular weight is 348 g/mol. The SMILES string of the molecule is Cc1nn(C)c(C)c1C(=O)N[C@@H]1CCc2c(Br)cccc21. The highest BCUT2D eigenvalue weighted by Gasteiger charge is 2.27. The fourth-order valence-corrected chi connectivity index (χ4v) is 3.67. The molecule has 110 valence electrons. The first-order chi connectivity index (χ1) is 9.99. The van der Waals surface area contributed by atoms with Crippen LogP contribution in [0, 0.1) is 13.8 Å². The number of rotatable bonds is 2. The van der Waals surface area contributed by atoms with Gasteiger partial charge in [0.25, 0.3) is 5.91 Å². The lowest BCUT2D eigenvalue weighted by molar-refractivity contribution is 0.0935. The summed E-state index contributed by atoms with van der Waals surface area (Å²) in [6, 6.07) is 6.26. The number of nitrogens with zero attached hydrogens (tertiary/aromatic N) is 2. The van der Waals surface area contributed by atoms with Crippen LogP contribution >= 0.6 is 15.9 Å². The molecule has 0 saturated carbocycles. The maximum atomic E-state index is 12.6. The Morgan fingerprint density at radius 3 is 2.86 bits per heavy atom. The van der Waals surface area contributed by atoms with Crippen molar-refractivity contribution in [2.75, 3.05) is 0 Å². The fourth-order valence-electron chi connectivity index (χ4n) is 3.09. The number of hydrogen-bond donors (Lipinski definition) is 1. The van der Waals surface area contributed by atoms with Crippen molar-refractivity contribution in [3.05, 3.63) is 50.8 Å². The predicted molar refractivity (Wildman–Crippen MR) is 85.4 cm³/mol. The summed E-state index contributed by atoms with van der Waals surface area (Å²) in [7, 11) is 1.86. The Bertz CT molecular complexity index is 721. The molecule has 3 rings (SSSR count). The maximum absolute atomic E-state index is 12.6. The minimum atomic E-state index is -0.0316. The number of amides is 1. The van der Waals surface area contributed by atoms with Crippen molar-refractivity contribution in [1.82, 2.24) is 15.1 Å². The van der Waals surface area contributed by atoms with E-state index in [2.05, 4.69) is 38.5 Å². The molecule has 0 aliphatic heterocycles. The molecule has 0 fully saturated rings. The van der Waals surface area contributed by atoms with Crippen molar-refractivity contribution >= 4 is 21.8 Å². The Hall–Kier alpha value is -1.62. The van der Waals surface area contributed by atoms with E-state index in [0.717, 1.165) is 28.7 Å². The smallest absolute Gasteiger partial charge is 0.255 e. The van der Waals surface area contributed by atoms with Crippen LogP contribution in [0.3, 0.4) is 0 Å². The maximum Gasteiger partial charge on any atom is 0.255 e. The molecule has 0 spiro atoms. The van der Waals surface area contributed by atoms with Crippen LogP contribution in [0.2, 0.25) is 0 Å². The number of halogens is 1. The molecule has 1 aliphatic rings. The summed E-state index contributed by atoms with van der Waals surface area (Å²) in [5.41, 5.74) is 4.90. The lowest BCUT2D eigenvalue weighted by Crippen LogP contribution is -2.28. The second kappa shape index (κ2) is 5.30. The van der Waals surface area contributed by atoms with Gasteiger partial charge in [0.2, 0.25) is 0 Å². The Morgan fingerprint density at radius 1 is 1.43 bits per heavy atom. The first-order valence-corrected chi connectivity index (χ1v) is 7.86. The quantitative estimate of drug-likeness (QED) is 0.906. The Kier molecular flexibility index (Phi) is 3.61. The molecule has 21 heavy (non-hydrogen) atoms. The summed E-state index contributed by atoms with van der Waals surface area (Å²) >= 11 is 3.59. The zero-order valence-electron chi connectivity index (χ0n) is 12.4. The minimum Gasteiger partial charge on any atom is -0.345 e. The van der Waals surface area contributed by atoms with Gasteiger partial charge in [0, 0.05) is 17.2 Å². The van der Waals surface area contributed by atoms with Crippen LogP contribution < -0.4 is 5.32 Å². The number of aryl methyl sites for hydroxylation is 2. The summed E-state index contributed by atoms with van der Waals surface area (Å²) in [5.74, 6) is -0.0316. The molecule has 1 atom stereocenters. The van der Waals surface area contributed by atoms with Gasteiger partial charge in [-0.1, -0.05) is 28.1 Å². The Balaban J connectivity index is 1.86. The van der Waals surface area contributed by atoms with Crippen molar-refractivity contribution in [1.29, 1.82) is 0 Å². The second-order valence-corrected chi connectivity index (χ2v) is 6.40. The molecule has 0 radical (unpaired) electrons. The van der Waals surface area contributed by atoms with E-state index >= 15 is 0 Å². The zero-order valence-corrected chi connectivity index (χ0v) is 14.0. The molecule has 1 amide bonds. The molecule has 0 bridgehead atoms. The van der Waals surface area contributed by atoms with Crippen molar-refractivity contribution < 1.29 is 4.79 Å². The van der Waals surface area contributed by atoms with Gasteiger partial charge in [-0.25, -0.2) is 0 Å². The zero-order chi connectivity index (χ0) is 15.1. The second-order valence-electron chi connectivity index (χ2n) is 5.54. The summed E-state index contributed by atoms with van der Waals surface area (Å²) in [6.45, 7) is 3.80. The Morgan fingerprint density at radius 2 is 2.19 bits per heavy atom. The van der Waals surface area contributed by atoms with E-state index in [-0.39, 0.29) is 11.9 Å². The largest absolute Gasteiger partial charge is 0.345 e. The van der Waals surface area contributed by atoms with Crippen LogP contribution in [-0.2, 0) is 13.5 Å². The van der Waals surface area contributed by atoms with Gasteiger partial charge in [0.15, 0.2) is 0 Å². The van der Waals surface area contributed by atoms with Gasteiger partial charge in [0.1, 0.15) is 0 Å². The minimum absolute atomic E-state index is 0.0316. The summed E-state index contributed by atoms with van der Waals surface area (Å²) in [6.07, 6.45) is 1.94. The van der Waals surface area contributed by atoms with Crippen molar-refractivity contribution in [3.8, 4) is 0 Å². The summed E-state index contributed by atoms with van der Waals surface area (Å²) in [5, 5.41) is 7.47. The van der Waals surface area contributed by atoms with Crippen LogP contribution in [0.5, 0.6) is 0 Å². The molecule has 1 aromatic carbocycles. The van der Waals surface area contributed by atoms with Gasteiger partial charge in [0.05, 0.1) is 17.3 Å². The molecule has 1 aromatic heterocycles. The van der Waals surface area contributed by atoms with Gasteiger partial charge in [-0.3, -0.25) is 9.48 Å². The number of fused-ring (bicyclic) bond motifs is 1. The van der Waals surface area contributed by atoms with Gasteiger partial charge in [-0.05, 0) is 43.9 Å². The standard InChI is InChI=1S/C16H18BrN3O/c1-9-15(10(2)20(3)19-9)16(21)18-14-8-7-11-12(14)5-4-6-13(11)17/h4-6,14H,7-8H2,1-3H3,(H,18,21)/t14-/m1/s1. The third-order valence-corrected chi connectivity index (χ3v) is 5.00. The average Bonchev–Trinajstić information content (AvgIpc) is 2.93. The molecule has 4 nitrogen and oxygen atoms in total. The molecule has 1 aliphatic carbocycles. The van der Waals surface area contributed by atoms with E-state index in [0.29, 0.717) is 5.56 Å². The number of nitrogens with one attached hydrogen (secondary N) is 1. The van der Waals surface area contributed by atoms with E-state index < -0.39 is 0 Å². The van der Waals surface area contributed by atoms with Crippen LogP contribution in [0.4, 0.5) is 0 Å². The van der Waals surface area contributed by atoms with Gasteiger partial charge < -0.3 is 5.32 Å². The molecule has 1 heterocycles. The van der Waals surface area contributed by atoms with Crippen LogP contribution in [0.15, 0.2) is 22.7 Å². The number of hydrogen-bond acceptors (Lipinski definition) is 2. The van der Waals surface area contributed by atoms with E-state index in [4.69, 9.17) is 0 Å². The lowest BCUT2D eigenvalue weighted by Gasteiger charge is -2.14. The van der Waals surface area contributed by atoms with E-state index in [1.54, 1.807) is 4.68 Å². The predicted octanol–water partition coefficient (Wildman–Crippen LogP) is 3.22. The highest BCUT2D eigenvalue weighted by molar-refractivity contribution is 9.10. The first kappa shape index (κ1) is 14.3. The number of benzene rings is 1. The third kappa shape index (κ3) is 2.39. The highest BCUT2D eigenvalue weighted by Crippen LogP contribution is 2.35. The molecular formula is C16H18BrN3O. The Labute approximate surface area is 132 Å². The molecule has 1 N–H and O–H groups in total. The number of aromatic nitrogens is 2. The topological polar surface area (TPSA) is 46.9 Å². The molecule has 2 aromatic rings. The van der Waals surface area contributed by atoms with Crippen molar-refractivity contribution in [3.63, 3.8) is 0 Å². The fraction of sp³-hybridized carbons (Fsp3) is 0.375. The molecule has 0 saturated heterocycles. The third-order valence-electron chi connectivity index (χ3n) is 4.25. The van der Waals surface area contributed by atoms with Crippen LogP contribution in [0.25, 0.3) is 0 Å². The van der Waals surface area contributed by atoms with Crippen LogP contribution in [0.1, 0.15) is 45.3 Å². The van der Waals surface area contributed by atoms with Gasteiger partial charge in [-0.2, -0.15) is 5.10 Å². The summed E-state index contributed by atoms with van der Waals surface area (Å²) < 4.78 is 2.88. The van der Waals surface area contributed by atoms with E-state index in [1.165, 1.54) is 11.1 Å². The van der Waals surface area contributed by atoms with Crippen molar-refractivity contribution in [2.24, 2.45) is 7.05 Å². The molecular weight excluding hydrogens is 330 g/mol. The van der Waals surface area contributed by atoms with Crippen LogP contribution in [-0.4, -0.2) is 15.7 Å². The summed E-state index contributed by atoms with van der Waals surface area (Å²) in [4.78, 5) is 12.6. The number of carbonyl (C=O) groups is 1. The number of carbonyl (C=O) groups excluding carboxylic acids is 1. The van der Waals surface area contributed by atoms with Gasteiger partial charge in [-0.15, -0.1) is 0 Å². The first-order valence-electron chi connectivity index (χ1n) is 7.07. The molecule has 0 unspecified atom stereocenters. The molecule has 5 heteroatoms. The van der Waals surface area contributed by atoms with E-state index in [1.807, 2.05) is 27.0 Å². The normalized spacial score (nSPS) is 16.9. The monoisotopic (exact) mass is 347 g/mol. The highest BCUT2D eigenvalue weighted by atomic mass is 79.9. The van der Waals surface area contributed by atoms with Crippen molar-refractivity contribution in [2.45, 2.75) is 32.7 Å².